The zero-order valence-electron chi connectivity index (χ0n) is 31.4. The number of rotatable bonds is 16. The molecule has 6 aromatic rings. The quantitative estimate of drug-likeness (QED) is 0.0553. The Morgan fingerprint density at radius 1 is 0.982 bits per heavy atom. The molecule has 2 N–H and O–H groups in total. The standard InChI is InChI=1S/C40H42ClN9O4S3/c1-47(2)16-14-31(26-56-40-42-15-21-55-40)45-36-13-10-33(24-38(36)50(51)52)57(53,54)46-39-35-12-9-32(23-37(35)43-27-44-39)49-19-17-48(18-20-49)25-29-22-30(41)8-11-34(29)28-6-4-3-5-7-28/h3-13,15,21-24,27,31,45H,14,16-20,25-26H2,1-2H3,(H,43,44,46)/t31-/m1/s1. The Kier molecular flexibility index (Phi) is 12.9. The van der Waals surface area contributed by atoms with Gasteiger partial charge in [-0.1, -0.05) is 59.8 Å². The van der Waals surface area contributed by atoms with Crippen LogP contribution >= 0.6 is 34.7 Å². The molecular weight excluding hydrogens is 802 g/mol. The van der Waals surface area contributed by atoms with Crippen molar-refractivity contribution in [1.82, 2.24) is 24.8 Å². The Balaban J connectivity index is 1.03. The van der Waals surface area contributed by atoms with Crippen LogP contribution in [0.2, 0.25) is 5.02 Å². The van der Waals surface area contributed by atoms with Crippen molar-refractivity contribution < 1.29 is 13.3 Å². The molecule has 57 heavy (non-hydrogen) atoms. The van der Waals surface area contributed by atoms with E-state index in [9.17, 15) is 18.5 Å². The van der Waals surface area contributed by atoms with Crippen molar-refractivity contribution in [1.29, 1.82) is 0 Å². The van der Waals surface area contributed by atoms with Gasteiger partial charge in [0.2, 0.25) is 0 Å². The number of anilines is 3. The Labute approximate surface area is 345 Å². The molecule has 1 saturated heterocycles. The van der Waals surface area contributed by atoms with Gasteiger partial charge in [-0.15, -0.1) is 11.3 Å². The summed E-state index contributed by atoms with van der Waals surface area (Å²) < 4.78 is 30.9. The molecule has 1 fully saturated rings. The van der Waals surface area contributed by atoms with Crippen LogP contribution in [-0.2, 0) is 16.6 Å². The van der Waals surface area contributed by atoms with E-state index in [0.29, 0.717) is 28.1 Å². The largest absolute Gasteiger partial charge is 0.376 e. The lowest BCUT2D eigenvalue weighted by molar-refractivity contribution is -0.384. The Morgan fingerprint density at radius 2 is 1.79 bits per heavy atom. The summed E-state index contributed by atoms with van der Waals surface area (Å²) >= 11 is 9.52. The van der Waals surface area contributed by atoms with E-state index in [2.05, 4.69) is 53.0 Å². The predicted molar refractivity (Wildman–Crippen MR) is 231 cm³/mol. The first-order chi connectivity index (χ1) is 27.5. The summed E-state index contributed by atoms with van der Waals surface area (Å²) in [5.41, 5.74) is 4.95. The summed E-state index contributed by atoms with van der Waals surface area (Å²) in [4.78, 5) is 31.2. The van der Waals surface area contributed by atoms with E-state index in [-0.39, 0.29) is 28.1 Å². The molecule has 0 spiro atoms. The number of thioether (sulfide) groups is 1. The maximum atomic E-state index is 13.7. The van der Waals surface area contributed by atoms with Crippen LogP contribution in [0.4, 0.5) is 22.9 Å². The van der Waals surface area contributed by atoms with Crippen LogP contribution in [-0.4, -0.2) is 96.7 Å². The number of aromatic nitrogens is 3. The van der Waals surface area contributed by atoms with Crippen molar-refractivity contribution in [2.24, 2.45) is 0 Å². The molecule has 0 unspecified atom stereocenters. The van der Waals surface area contributed by atoms with E-state index in [4.69, 9.17) is 11.6 Å². The SMILES string of the molecule is CN(C)CC[C@H](CSc1nccs1)Nc1ccc(S(=O)(=O)Nc2ncnc3cc(N4CCN(Cc5cc(Cl)ccc5-c5ccccc5)CC4)ccc23)cc1[N+](=O)[O-]. The van der Waals surface area contributed by atoms with Crippen molar-refractivity contribution in [2.75, 3.05) is 67.5 Å². The highest BCUT2D eigenvalue weighted by Crippen LogP contribution is 2.33. The fraction of sp³-hybridized carbons (Fsp3) is 0.275. The molecular formula is C40H42ClN9O4S3. The molecule has 1 aliphatic heterocycles. The first-order valence-corrected chi connectivity index (χ1v) is 22.1. The lowest BCUT2D eigenvalue weighted by Gasteiger charge is -2.36. The van der Waals surface area contributed by atoms with E-state index in [0.717, 1.165) is 60.9 Å². The van der Waals surface area contributed by atoms with Crippen LogP contribution in [0.1, 0.15) is 12.0 Å². The van der Waals surface area contributed by atoms with Gasteiger partial charge in [-0.25, -0.2) is 23.4 Å². The number of hydrogen-bond donors (Lipinski definition) is 2. The second kappa shape index (κ2) is 18.2. The van der Waals surface area contributed by atoms with Crippen molar-refractivity contribution in [3.05, 3.63) is 124 Å². The topological polar surface area (TPSA) is 150 Å². The third-order valence-electron chi connectivity index (χ3n) is 9.71. The van der Waals surface area contributed by atoms with Gasteiger partial charge in [0, 0.05) is 78.3 Å². The molecule has 13 nitrogen and oxygen atoms in total. The van der Waals surface area contributed by atoms with Gasteiger partial charge in [0.05, 0.1) is 15.3 Å². The zero-order valence-corrected chi connectivity index (χ0v) is 34.6. The Morgan fingerprint density at radius 3 is 2.53 bits per heavy atom. The molecule has 296 valence electrons. The molecule has 0 bridgehead atoms. The van der Waals surface area contributed by atoms with Crippen molar-refractivity contribution in [3.8, 4) is 11.1 Å². The van der Waals surface area contributed by atoms with Gasteiger partial charge in [0.1, 0.15) is 16.4 Å². The summed E-state index contributed by atoms with van der Waals surface area (Å²) in [6.07, 6.45) is 3.76. The number of benzene rings is 4. The number of piperazine rings is 1. The molecule has 7 rings (SSSR count). The van der Waals surface area contributed by atoms with Crippen LogP contribution < -0.4 is 14.9 Å². The van der Waals surface area contributed by atoms with Crippen LogP contribution in [0, 0.1) is 10.1 Å². The fourth-order valence-electron chi connectivity index (χ4n) is 6.74. The monoisotopic (exact) mass is 843 g/mol. The van der Waals surface area contributed by atoms with Gasteiger partial charge in [0.25, 0.3) is 15.7 Å². The molecule has 3 heterocycles. The third-order valence-corrected chi connectivity index (χ3v) is 13.4. The van der Waals surface area contributed by atoms with Crippen molar-refractivity contribution in [2.45, 2.75) is 28.2 Å². The average Bonchev–Trinajstić information content (AvgIpc) is 3.73. The summed E-state index contributed by atoms with van der Waals surface area (Å²) in [7, 11) is -0.336. The first-order valence-electron chi connectivity index (χ1n) is 18.3. The van der Waals surface area contributed by atoms with Crippen LogP contribution in [0.3, 0.4) is 0 Å². The molecule has 0 saturated carbocycles. The third kappa shape index (κ3) is 10.2. The molecule has 1 aliphatic rings. The summed E-state index contributed by atoms with van der Waals surface area (Å²) in [5, 5.41) is 18.7. The molecule has 0 aliphatic carbocycles. The van der Waals surface area contributed by atoms with E-state index in [1.165, 1.54) is 40.9 Å². The number of nitrogens with one attached hydrogen (secondary N) is 2. The van der Waals surface area contributed by atoms with Crippen LogP contribution in [0.5, 0.6) is 0 Å². The Bertz CT molecular complexity index is 2430. The summed E-state index contributed by atoms with van der Waals surface area (Å²) in [5.74, 6) is 0.707. The fourth-order valence-corrected chi connectivity index (χ4v) is 9.72. The van der Waals surface area contributed by atoms with Gasteiger partial charge in [-0.2, -0.15) is 0 Å². The van der Waals surface area contributed by atoms with Gasteiger partial charge in [0.15, 0.2) is 5.82 Å². The minimum Gasteiger partial charge on any atom is -0.376 e. The number of hydrogen-bond acceptors (Lipinski definition) is 13. The minimum atomic E-state index is -4.27. The maximum Gasteiger partial charge on any atom is 0.293 e. The van der Waals surface area contributed by atoms with Gasteiger partial charge in [-0.3, -0.25) is 19.7 Å². The Hall–Kier alpha value is -4.84. The average molecular weight is 844 g/mol. The van der Waals surface area contributed by atoms with Crippen LogP contribution in [0.25, 0.3) is 22.0 Å². The lowest BCUT2D eigenvalue weighted by Crippen LogP contribution is -2.46. The zero-order chi connectivity index (χ0) is 39.9. The molecule has 2 aromatic heterocycles. The molecule has 1 atom stereocenters. The van der Waals surface area contributed by atoms with Crippen molar-refractivity contribution >= 4 is 78.5 Å². The second-order valence-corrected chi connectivity index (χ2v) is 18.2. The van der Waals surface area contributed by atoms with Crippen molar-refractivity contribution in [3.63, 3.8) is 0 Å². The van der Waals surface area contributed by atoms with E-state index >= 15 is 0 Å². The molecule has 0 radical (unpaired) electrons. The van der Waals surface area contributed by atoms with Gasteiger partial charge >= 0.3 is 0 Å². The highest BCUT2D eigenvalue weighted by Gasteiger charge is 2.25. The van der Waals surface area contributed by atoms with E-state index in [1.807, 2.05) is 66.8 Å². The van der Waals surface area contributed by atoms with E-state index < -0.39 is 14.9 Å². The van der Waals surface area contributed by atoms with Crippen LogP contribution in [0.15, 0.2) is 112 Å². The first kappa shape index (κ1) is 40.4. The smallest absolute Gasteiger partial charge is 0.293 e. The highest BCUT2D eigenvalue weighted by atomic mass is 35.5. The number of halogens is 1. The number of nitro benzene ring substituents is 1. The predicted octanol–water partition coefficient (Wildman–Crippen LogP) is 7.96. The lowest BCUT2D eigenvalue weighted by atomic mass is 9.99. The number of fused-ring (bicyclic) bond motifs is 1. The second-order valence-electron chi connectivity index (χ2n) is 13.9. The summed E-state index contributed by atoms with van der Waals surface area (Å²) in [6.45, 7) is 4.81. The number of nitrogens with zero attached hydrogens (tertiary/aromatic N) is 7. The molecule has 4 aromatic carbocycles. The van der Waals surface area contributed by atoms with Gasteiger partial charge < -0.3 is 15.1 Å². The molecule has 17 heteroatoms. The molecule has 0 amide bonds. The normalized spacial score (nSPS) is 14.2. The van der Waals surface area contributed by atoms with Gasteiger partial charge in [-0.05, 0) is 86.2 Å². The maximum absolute atomic E-state index is 13.7. The number of thiazole rings is 1. The summed E-state index contributed by atoms with van der Waals surface area (Å²) in [6, 6.07) is 25.8. The number of sulfonamides is 1. The minimum absolute atomic E-state index is 0.0833. The highest BCUT2D eigenvalue weighted by molar-refractivity contribution is 8.01. The number of nitro groups is 1. The van der Waals surface area contributed by atoms with E-state index in [1.54, 1.807) is 24.0 Å².